The van der Waals surface area contributed by atoms with E-state index in [0.29, 0.717) is 12.3 Å². The van der Waals surface area contributed by atoms with Gasteiger partial charge in [-0.2, -0.15) is 0 Å². The summed E-state index contributed by atoms with van der Waals surface area (Å²) in [4.78, 5) is 0. The minimum absolute atomic E-state index is 0.263. The summed E-state index contributed by atoms with van der Waals surface area (Å²) < 4.78 is 19.6. The van der Waals surface area contributed by atoms with E-state index in [2.05, 4.69) is 12.2 Å². The van der Waals surface area contributed by atoms with E-state index in [1.807, 2.05) is 37.3 Å². The van der Waals surface area contributed by atoms with E-state index in [0.717, 1.165) is 24.1 Å². The zero-order chi connectivity index (χ0) is 14.4. The fraction of sp³-hybridized carbons (Fsp3) is 0.294. The van der Waals surface area contributed by atoms with Crippen molar-refractivity contribution in [2.75, 3.05) is 6.54 Å². The SMILES string of the molecule is CCCNCc1ccc(Oc2ccccc2C)c(F)c1. The van der Waals surface area contributed by atoms with Crippen LogP contribution < -0.4 is 10.1 Å². The summed E-state index contributed by atoms with van der Waals surface area (Å²) in [5, 5.41) is 3.25. The molecule has 0 aliphatic rings. The molecule has 0 saturated heterocycles. The second-order valence-corrected chi connectivity index (χ2v) is 4.81. The molecule has 1 N–H and O–H groups in total. The smallest absolute Gasteiger partial charge is 0.166 e. The lowest BCUT2D eigenvalue weighted by atomic mass is 10.2. The molecule has 0 amide bonds. The van der Waals surface area contributed by atoms with Crippen molar-refractivity contribution in [1.29, 1.82) is 0 Å². The molecule has 0 aliphatic heterocycles. The van der Waals surface area contributed by atoms with Gasteiger partial charge in [-0.1, -0.05) is 31.2 Å². The first kappa shape index (κ1) is 14.5. The molecule has 0 atom stereocenters. The van der Waals surface area contributed by atoms with Crippen LogP contribution in [0.4, 0.5) is 4.39 Å². The lowest BCUT2D eigenvalue weighted by Crippen LogP contribution is -2.13. The Labute approximate surface area is 119 Å². The molecular formula is C17H20FNO. The minimum Gasteiger partial charge on any atom is -0.454 e. The normalized spacial score (nSPS) is 10.6. The van der Waals surface area contributed by atoms with Gasteiger partial charge in [0, 0.05) is 6.54 Å². The summed E-state index contributed by atoms with van der Waals surface area (Å²) in [6.07, 6.45) is 1.07. The second kappa shape index (κ2) is 7.06. The lowest BCUT2D eigenvalue weighted by molar-refractivity contribution is 0.438. The van der Waals surface area contributed by atoms with E-state index in [-0.39, 0.29) is 11.6 Å². The van der Waals surface area contributed by atoms with Crippen LogP contribution in [0.25, 0.3) is 0 Å². The predicted octanol–water partition coefficient (Wildman–Crippen LogP) is 4.43. The fourth-order valence-corrected chi connectivity index (χ4v) is 1.94. The zero-order valence-electron chi connectivity index (χ0n) is 11.9. The van der Waals surface area contributed by atoms with Crippen LogP contribution in [0, 0.1) is 12.7 Å². The third-order valence-electron chi connectivity index (χ3n) is 3.07. The van der Waals surface area contributed by atoms with Crippen LogP contribution in [0.5, 0.6) is 11.5 Å². The molecule has 0 radical (unpaired) electrons. The van der Waals surface area contributed by atoms with Crippen LogP contribution in [0.1, 0.15) is 24.5 Å². The van der Waals surface area contributed by atoms with E-state index >= 15 is 0 Å². The number of hydrogen-bond donors (Lipinski definition) is 1. The molecule has 0 aliphatic carbocycles. The Balaban J connectivity index is 2.08. The average Bonchev–Trinajstić information content (AvgIpc) is 2.44. The topological polar surface area (TPSA) is 21.3 Å². The zero-order valence-corrected chi connectivity index (χ0v) is 11.9. The number of hydrogen-bond acceptors (Lipinski definition) is 2. The molecule has 0 fully saturated rings. The molecular weight excluding hydrogens is 253 g/mol. The van der Waals surface area contributed by atoms with Crippen molar-refractivity contribution in [3.05, 3.63) is 59.4 Å². The maximum absolute atomic E-state index is 14.0. The van der Waals surface area contributed by atoms with Crippen molar-refractivity contribution >= 4 is 0 Å². The molecule has 20 heavy (non-hydrogen) atoms. The molecule has 3 heteroatoms. The number of benzene rings is 2. The summed E-state index contributed by atoms with van der Waals surface area (Å²) >= 11 is 0. The second-order valence-electron chi connectivity index (χ2n) is 4.81. The lowest BCUT2D eigenvalue weighted by Gasteiger charge is -2.10. The highest BCUT2D eigenvalue weighted by molar-refractivity contribution is 5.38. The van der Waals surface area contributed by atoms with Crippen molar-refractivity contribution in [3.63, 3.8) is 0 Å². The number of nitrogens with one attached hydrogen (secondary N) is 1. The van der Waals surface area contributed by atoms with Gasteiger partial charge in [0.1, 0.15) is 5.75 Å². The first-order valence-electron chi connectivity index (χ1n) is 6.93. The Bertz CT molecular complexity index is 569. The molecule has 2 aromatic carbocycles. The Hall–Kier alpha value is -1.87. The molecule has 0 aromatic heterocycles. The standard InChI is InChI=1S/C17H20FNO/c1-3-10-19-12-14-8-9-17(15(18)11-14)20-16-7-5-4-6-13(16)2/h4-9,11,19H,3,10,12H2,1-2H3. The number of rotatable bonds is 6. The largest absolute Gasteiger partial charge is 0.454 e. The maximum Gasteiger partial charge on any atom is 0.166 e. The molecule has 0 bridgehead atoms. The van der Waals surface area contributed by atoms with E-state index < -0.39 is 0 Å². The summed E-state index contributed by atoms with van der Waals surface area (Å²) in [7, 11) is 0. The monoisotopic (exact) mass is 273 g/mol. The van der Waals surface area contributed by atoms with Gasteiger partial charge in [-0.3, -0.25) is 0 Å². The van der Waals surface area contributed by atoms with Crippen molar-refractivity contribution < 1.29 is 9.13 Å². The molecule has 0 heterocycles. The Morgan fingerprint density at radius 1 is 1.10 bits per heavy atom. The summed E-state index contributed by atoms with van der Waals surface area (Å²) in [6, 6.07) is 12.7. The van der Waals surface area contributed by atoms with Crippen molar-refractivity contribution in [1.82, 2.24) is 5.32 Å². The van der Waals surface area contributed by atoms with Gasteiger partial charge in [-0.05, 0) is 49.2 Å². The van der Waals surface area contributed by atoms with Gasteiger partial charge in [0.25, 0.3) is 0 Å². The van der Waals surface area contributed by atoms with Crippen LogP contribution in [-0.2, 0) is 6.54 Å². The van der Waals surface area contributed by atoms with Crippen molar-refractivity contribution in [2.45, 2.75) is 26.8 Å². The summed E-state index contributed by atoms with van der Waals surface area (Å²) in [6.45, 7) is 5.65. The van der Waals surface area contributed by atoms with Gasteiger partial charge in [0.05, 0.1) is 0 Å². The van der Waals surface area contributed by atoms with Gasteiger partial charge in [-0.25, -0.2) is 4.39 Å². The van der Waals surface area contributed by atoms with Gasteiger partial charge < -0.3 is 10.1 Å². The molecule has 0 unspecified atom stereocenters. The Morgan fingerprint density at radius 3 is 2.60 bits per heavy atom. The highest BCUT2D eigenvalue weighted by Crippen LogP contribution is 2.27. The number of para-hydroxylation sites is 1. The van der Waals surface area contributed by atoms with Gasteiger partial charge >= 0.3 is 0 Å². The molecule has 2 aromatic rings. The molecule has 0 spiro atoms. The van der Waals surface area contributed by atoms with Gasteiger partial charge in [0.15, 0.2) is 11.6 Å². The van der Waals surface area contributed by atoms with E-state index in [1.54, 1.807) is 6.07 Å². The van der Waals surface area contributed by atoms with Gasteiger partial charge in [0.2, 0.25) is 0 Å². The molecule has 0 saturated carbocycles. The van der Waals surface area contributed by atoms with Crippen molar-refractivity contribution in [3.8, 4) is 11.5 Å². The Kier molecular flexibility index (Phi) is 5.13. The summed E-state index contributed by atoms with van der Waals surface area (Å²) in [5.41, 5.74) is 1.91. The van der Waals surface area contributed by atoms with Crippen LogP contribution in [0.3, 0.4) is 0 Å². The minimum atomic E-state index is -0.330. The molecule has 2 nitrogen and oxygen atoms in total. The average molecular weight is 273 g/mol. The number of ether oxygens (including phenoxy) is 1. The highest BCUT2D eigenvalue weighted by atomic mass is 19.1. The summed E-state index contributed by atoms with van der Waals surface area (Å²) in [5.74, 6) is 0.617. The van der Waals surface area contributed by atoms with E-state index in [4.69, 9.17) is 4.74 Å². The third-order valence-corrected chi connectivity index (χ3v) is 3.07. The molecule has 106 valence electrons. The number of halogens is 1. The quantitative estimate of drug-likeness (QED) is 0.786. The van der Waals surface area contributed by atoms with Crippen LogP contribution in [0.15, 0.2) is 42.5 Å². The number of aryl methyl sites for hydroxylation is 1. The fourth-order valence-electron chi connectivity index (χ4n) is 1.94. The molecule has 2 rings (SSSR count). The van der Waals surface area contributed by atoms with Crippen LogP contribution in [0.2, 0.25) is 0 Å². The third kappa shape index (κ3) is 3.81. The first-order chi connectivity index (χ1) is 9.70. The maximum atomic E-state index is 14.0. The Morgan fingerprint density at radius 2 is 1.90 bits per heavy atom. The first-order valence-corrected chi connectivity index (χ1v) is 6.93. The van der Waals surface area contributed by atoms with Crippen molar-refractivity contribution in [2.24, 2.45) is 0 Å². The van der Waals surface area contributed by atoms with E-state index in [9.17, 15) is 4.39 Å². The highest BCUT2D eigenvalue weighted by Gasteiger charge is 2.07. The van der Waals surface area contributed by atoms with Crippen LogP contribution in [-0.4, -0.2) is 6.54 Å². The van der Waals surface area contributed by atoms with E-state index in [1.165, 1.54) is 6.07 Å². The van der Waals surface area contributed by atoms with Gasteiger partial charge in [-0.15, -0.1) is 0 Å². The predicted molar refractivity (Wildman–Crippen MR) is 79.7 cm³/mol. The van der Waals surface area contributed by atoms with Crippen LogP contribution >= 0.6 is 0 Å².